The average Bonchev–Trinajstić information content (AvgIpc) is 3.03. The molecule has 8 nitrogen and oxygen atoms in total. The van der Waals surface area contributed by atoms with Crippen LogP contribution in [0.15, 0.2) is 108 Å². The third-order valence-electron chi connectivity index (χ3n) is 6.68. The van der Waals surface area contributed by atoms with Crippen molar-refractivity contribution >= 4 is 27.5 Å². The van der Waals surface area contributed by atoms with Crippen molar-refractivity contribution < 1.29 is 31.5 Å². The Labute approximate surface area is 255 Å². The van der Waals surface area contributed by atoms with Gasteiger partial charge in [0, 0.05) is 25.2 Å². The smallest absolute Gasteiger partial charge is 0.261 e. The maximum atomic E-state index is 13.7. The number of amides is 2. The van der Waals surface area contributed by atoms with E-state index >= 15 is 0 Å². The zero-order valence-corrected chi connectivity index (χ0v) is 24.9. The molecule has 0 aliphatic carbocycles. The summed E-state index contributed by atoms with van der Waals surface area (Å²) in [5.74, 6) is -1.50. The Kier molecular flexibility index (Phi) is 11.0. The van der Waals surface area contributed by atoms with Crippen molar-refractivity contribution in [3.8, 4) is 5.75 Å². The predicted molar refractivity (Wildman–Crippen MR) is 163 cm³/mol. The fourth-order valence-electron chi connectivity index (χ4n) is 4.38. The van der Waals surface area contributed by atoms with Crippen molar-refractivity contribution in [2.75, 3.05) is 17.9 Å². The number of anilines is 1. The third kappa shape index (κ3) is 9.11. The van der Waals surface area contributed by atoms with Crippen LogP contribution in [0.2, 0.25) is 0 Å². The summed E-state index contributed by atoms with van der Waals surface area (Å²) < 4.78 is 60.4. The first-order valence-electron chi connectivity index (χ1n) is 14.0. The molecule has 0 saturated carbocycles. The maximum absolute atomic E-state index is 13.7. The standard InChI is InChI=1S/C33H33F2N3O5S/c1-2-20-36-33(40)31(21-24-6-4-3-5-7-24)38(22-25-8-10-26(34)11-9-25)32(39)23-43-29-16-18-30(19-17-29)44(41,42)37-28-14-12-27(35)13-15-28/h3-19,31,37H,2,20-23H2,1H3,(H,36,40)/t31-/m0/s1. The molecule has 230 valence electrons. The molecule has 0 aliphatic rings. The van der Waals surface area contributed by atoms with E-state index in [9.17, 15) is 26.8 Å². The van der Waals surface area contributed by atoms with Gasteiger partial charge in [0.15, 0.2) is 6.61 Å². The van der Waals surface area contributed by atoms with Crippen LogP contribution < -0.4 is 14.8 Å². The van der Waals surface area contributed by atoms with E-state index < -0.39 is 40.2 Å². The highest BCUT2D eigenvalue weighted by Crippen LogP contribution is 2.21. The van der Waals surface area contributed by atoms with Crippen LogP contribution in [0.25, 0.3) is 0 Å². The first-order chi connectivity index (χ1) is 21.1. The zero-order chi connectivity index (χ0) is 31.5. The number of sulfonamides is 1. The average molecular weight is 622 g/mol. The summed E-state index contributed by atoms with van der Waals surface area (Å²) in [5, 5.41) is 2.88. The molecule has 0 saturated heterocycles. The van der Waals surface area contributed by atoms with Crippen LogP contribution in [0.4, 0.5) is 14.5 Å². The lowest BCUT2D eigenvalue weighted by atomic mass is 10.0. The quantitative estimate of drug-likeness (QED) is 0.199. The summed E-state index contributed by atoms with van der Waals surface area (Å²) in [6.07, 6.45) is 0.959. The van der Waals surface area contributed by atoms with Gasteiger partial charge >= 0.3 is 0 Å². The summed E-state index contributed by atoms with van der Waals surface area (Å²) in [6.45, 7) is 1.96. The minimum absolute atomic E-state index is 0.0335. The van der Waals surface area contributed by atoms with E-state index in [-0.39, 0.29) is 35.2 Å². The van der Waals surface area contributed by atoms with E-state index in [4.69, 9.17) is 4.74 Å². The Hall–Kier alpha value is -4.77. The van der Waals surface area contributed by atoms with Crippen LogP contribution in [-0.4, -0.2) is 44.3 Å². The summed E-state index contributed by atoms with van der Waals surface area (Å²) in [7, 11) is -3.96. The Morgan fingerprint density at radius 2 is 1.43 bits per heavy atom. The second-order valence-corrected chi connectivity index (χ2v) is 11.7. The Morgan fingerprint density at radius 3 is 2.05 bits per heavy atom. The van der Waals surface area contributed by atoms with Crippen molar-refractivity contribution in [3.63, 3.8) is 0 Å². The van der Waals surface area contributed by atoms with Gasteiger partial charge in [0.1, 0.15) is 23.4 Å². The van der Waals surface area contributed by atoms with Gasteiger partial charge in [-0.15, -0.1) is 0 Å². The molecule has 44 heavy (non-hydrogen) atoms. The van der Waals surface area contributed by atoms with Crippen LogP contribution in [0.1, 0.15) is 24.5 Å². The maximum Gasteiger partial charge on any atom is 0.261 e. The number of ether oxygens (including phenoxy) is 1. The second kappa shape index (κ2) is 15.1. The summed E-state index contributed by atoms with van der Waals surface area (Å²) in [5.41, 5.74) is 1.68. The first-order valence-corrected chi connectivity index (χ1v) is 15.5. The number of hydrogen-bond donors (Lipinski definition) is 2. The van der Waals surface area contributed by atoms with E-state index in [0.717, 1.165) is 17.7 Å². The lowest BCUT2D eigenvalue weighted by molar-refractivity contribution is -0.142. The Balaban J connectivity index is 1.52. The molecule has 0 unspecified atom stereocenters. The van der Waals surface area contributed by atoms with Gasteiger partial charge in [0.2, 0.25) is 5.91 Å². The number of hydrogen-bond acceptors (Lipinski definition) is 5. The minimum atomic E-state index is -3.96. The molecule has 0 radical (unpaired) electrons. The Morgan fingerprint density at radius 1 is 0.818 bits per heavy atom. The highest BCUT2D eigenvalue weighted by Gasteiger charge is 2.30. The topological polar surface area (TPSA) is 105 Å². The highest BCUT2D eigenvalue weighted by atomic mass is 32.2. The summed E-state index contributed by atoms with van der Waals surface area (Å²) in [6, 6.07) is 24.5. The molecule has 4 rings (SSSR count). The van der Waals surface area contributed by atoms with Gasteiger partial charge in [-0.1, -0.05) is 49.4 Å². The molecule has 4 aromatic carbocycles. The number of nitrogens with one attached hydrogen (secondary N) is 2. The Bertz CT molecular complexity index is 1630. The van der Waals surface area contributed by atoms with Gasteiger partial charge in [-0.2, -0.15) is 0 Å². The van der Waals surface area contributed by atoms with Crippen molar-refractivity contribution in [2.45, 2.75) is 37.2 Å². The van der Waals surface area contributed by atoms with Crippen LogP contribution in [-0.2, 0) is 32.6 Å². The minimum Gasteiger partial charge on any atom is -0.484 e. The molecule has 0 aromatic heterocycles. The van der Waals surface area contributed by atoms with Gasteiger partial charge in [0.25, 0.3) is 15.9 Å². The van der Waals surface area contributed by atoms with Gasteiger partial charge in [-0.25, -0.2) is 17.2 Å². The number of carbonyl (C=O) groups excluding carboxylic acids is 2. The molecule has 0 bridgehead atoms. The lowest BCUT2D eigenvalue weighted by Gasteiger charge is -2.31. The molecular formula is C33H33F2N3O5S. The fourth-order valence-corrected chi connectivity index (χ4v) is 5.44. The largest absolute Gasteiger partial charge is 0.484 e. The van der Waals surface area contributed by atoms with Crippen molar-refractivity contribution in [3.05, 3.63) is 126 Å². The van der Waals surface area contributed by atoms with E-state index in [1.165, 1.54) is 53.4 Å². The summed E-state index contributed by atoms with van der Waals surface area (Å²) >= 11 is 0. The van der Waals surface area contributed by atoms with Crippen LogP contribution in [0, 0.1) is 11.6 Å². The molecular weight excluding hydrogens is 588 g/mol. The predicted octanol–water partition coefficient (Wildman–Crippen LogP) is 5.31. The molecule has 0 spiro atoms. The number of halogens is 2. The molecule has 0 fully saturated rings. The van der Waals surface area contributed by atoms with E-state index in [2.05, 4.69) is 10.0 Å². The molecule has 4 aromatic rings. The highest BCUT2D eigenvalue weighted by molar-refractivity contribution is 7.92. The zero-order valence-electron chi connectivity index (χ0n) is 24.1. The van der Waals surface area contributed by atoms with Crippen molar-refractivity contribution in [2.24, 2.45) is 0 Å². The van der Waals surface area contributed by atoms with Crippen LogP contribution >= 0.6 is 0 Å². The number of carbonyl (C=O) groups is 2. The molecule has 11 heteroatoms. The molecule has 1 atom stereocenters. The van der Waals surface area contributed by atoms with Crippen LogP contribution in [0.5, 0.6) is 5.75 Å². The monoisotopic (exact) mass is 621 g/mol. The number of benzene rings is 4. The van der Waals surface area contributed by atoms with Gasteiger partial charge in [0.05, 0.1) is 4.90 Å². The van der Waals surface area contributed by atoms with Gasteiger partial charge in [-0.3, -0.25) is 14.3 Å². The first kappa shape index (κ1) is 32.2. The number of rotatable bonds is 14. The second-order valence-electron chi connectivity index (χ2n) is 10.0. The van der Waals surface area contributed by atoms with E-state index in [1.807, 2.05) is 37.3 Å². The third-order valence-corrected chi connectivity index (χ3v) is 8.08. The van der Waals surface area contributed by atoms with Crippen molar-refractivity contribution in [1.82, 2.24) is 10.2 Å². The fraction of sp³-hybridized carbons (Fsp3) is 0.212. The molecule has 2 N–H and O–H groups in total. The molecule has 0 aliphatic heterocycles. The molecule has 0 heterocycles. The number of nitrogens with zero attached hydrogens (tertiary/aromatic N) is 1. The normalized spacial score (nSPS) is 11.8. The van der Waals surface area contributed by atoms with Crippen molar-refractivity contribution in [1.29, 1.82) is 0 Å². The molecule has 2 amide bonds. The van der Waals surface area contributed by atoms with E-state index in [0.29, 0.717) is 18.5 Å². The van der Waals surface area contributed by atoms with Gasteiger partial charge < -0.3 is 15.0 Å². The van der Waals surface area contributed by atoms with Crippen LogP contribution in [0.3, 0.4) is 0 Å². The van der Waals surface area contributed by atoms with E-state index in [1.54, 1.807) is 12.1 Å². The lowest BCUT2D eigenvalue weighted by Crippen LogP contribution is -2.51. The summed E-state index contributed by atoms with van der Waals surface area (Å²) in [4.78, 5) is 28.4. The SMILES string of the molecule is CCCNC(=O)[C@H](Cc1ccccc1)N(Cc1ccc(F)cc1)C(=O)COc1ccc(S(=O)(=O)Nc2ccc(F)cc2)cc1. The van der Waals surface area contributed by atoms with Gasteiger partial charge in [-0.05, 0) is 78.2 Å².